The first-order valence-corrected chi connectivity index (χ1v) is 11.0. The molecule has 0 aliphatic carbocycles. The lowest BCUT2D eigenvalue weighted by Gasteiger charge is -2.13. The van der Waals surface area contributed by atoms with Crippen LogP contribution in [0.3, 0.4) is 0 Å². The first-order chi connectivity index (χ1) is 15.6. The van der Waals surface area contributed by atoms with Crippen molar-refractivity contribution < 1.29 is 14.3 Å². The van der Waals surface area contributed by atoms with Crippen LogP contribution < -0.4 is 14.9 Å². The topological polar surface area (TPSA) is 59.9 Å². The summed E-state index contributed by atoms with van der Waals surface area (Å²) in [5.41, 5.74) is 6.45. The molecular weight excluding hydrogens is 424 g/mol. The highest BCUT2D eigenvalue weighted by Gasteiger charge is 2.08. The minimum Gasteiger partial charge on any atom is -0.490 e. The molecule has 5 nitrogen and oxygen atoms in total. The number of hydrazone groups is 1. The van der Waals surface area contributed by atoms with Gasteiger partial charge in [0.15, 0.2) is 11.5 Å². The van der Waals surface area contributed by atoms with Crippen LogP contribution >= 0.6 is 11.6 Å². The van der Waals surface area contributed by atoms with Gasteiger partial charge in [0, 0.05) is 10.6 Å². The van der Waals surface area contributed by atoms with E-state index >= 15 is 0 Å². The molecule has 6 heteroatoms. The molecule has 166 valence electrons. The summed E-state index contributed by atoms with van der Waals surface area (Å²) in [4.78, 5) is 12.1. The van der Waals surface area contributed by atoms with Crippen molar-refractivity contribution in [2.24, 2.45) is 5.10 Å². The highest BCUT2D eigenvalue weighted by Crippen LogP contribution is 2.29. The lowest BCUT2D eigenvalue weighted by molar-refractivity contribution is -0.120. The number of nitrogens with zero attached hydrogens (tertiary/aromatic N) is 1. The van der Waals surface area contributed by atoms with Crippen molar-refractivity contribution in [1.82, 2.24) is 5.43 Å². The summed E-state index contributed by atoms with van der Waals surface area (Å²) in [6.45, 7) is 4.84. The predicted molar refractivity (Wildman–Crippen MR) is 129 cm³/mol. The van der Waals surface area contributed by atoms with Crippen LogP contribution in [-0.4, -0.2) is 18.7 Å². The van der Waals surface area contributed by atoms with E-state index in [-0.39, 0.29) is 12.3 Å². The van der Waals surface area contributed by atoms with Gasteiger partial charge in [-0.3, -0.25) is 4.79 Å². The SMILES string of the molecule is CCOc1cc(/C=N/NC(=O)Cc2ccc(CC)cc2)ccc1OCc1ccccc1Cl. The number of hydrogen-bond donors (Lipinski definition) is 1. The second-order valence-corrected chi connectivity index (χ2v) is 7.57. The summed E-state index contributed by atoms with van der Waals surface area (Å²) < 4.78 is 11.6. The van der Waals surface area contributed by atoms with E-state index in [1.807, 2.05) is 73.7 Å². The number of carbonyl (C=O) groups is 1. The highest BCUT2D eigenvalue weighted by molar-refractivity contribution is 6.31. The van der Waals surface area contributed by atoms with E-state index in [9.17, 15) is 4.79 Å². The molecule has 0 saturated heterocycles. The van der Waals surface area contributed by atoms with Crippen LogP contribution in [0.2, 0.25) is 5.02 Å². The summed E-state index contributed by atoms with van der Waals surface area (Å²) in [5.74, 6) is 1.05. The molecule has 0 radical (unpaired) electrons. The first-order valence-electron chi connectivity index (χ1n) is 10.6. The third-order valence-corrected chi connectivity index (χ3v) is 5.18. The molecule has 0 heterocycles. The Morgan fingerprint density at radius 2 is 1.72 bits per heavy atom. The summed E-state index contributed by atoms with van der Waals surface area (Å²) in [6, 6.07) is 21.1. The van der Waals surface area contributed by atoms with Gasteiger partial charge in [-0.2, -0.15) is 5.10 Å². The van der Waals surface area contributed by atoms with Gasteiger partial charge in [-0.05, 0) is 54.3 Å². The standard InChI is InChI=1S/C26H27ClN2O3/c1-3-19-9-11-20(12-10-19)16-26(30)29-28-17-21-13-14-24(25(15-21)31-4-2)32-18-22-7-5-6-8-23(22)27/h5-15,17H,3-4,16,18H2,1-2H3,(H,29,30)/b28-17+. The fraction of sp³-hybridized carbons (Fsp3) is 0.231. The second-order valence-electron chi connectivity index (χ2n) is 7.16. The average Bonchev–Trinajstić information content (AvgIpc) is 2.80. The van der Waals surface area contributed by atoms with Crippen molar-refractivity contribution in [3.05, 3.63) is 94.0 Å². The molecular formula is C26H27ClN2O3. The Balaban J connectivity index is 1.59. The van der Waals surface area contributed by atoms with Crippen LogP contribution in [0.5, 0.6) is 11.5 Å². The monoisotopic (exact) mass is 450 g/mol. The highest BCUT2D eigenvalue weighted by atomic mass is 35.5. The van der Waals surface area contributed by atoms with E-state index < -0.39 is 0 Å². The van der Waals surface area contributed by atoms with Gasteiger partial charge in [-0.15, -0.1) is 0 Å². The van der Waals surface area contributed by atoms with Crippen molar-refractivity contribution in [2.75, 3.05) is 6.61 Å². The Morgan fingerprint density at radius 3 is 2.44 bits per heavy atom. The maximum atomic E-state index is 12.1. The van der Waals surface area contributed by atoms with Crippen LogP contribution in [-0.2, 0) is 24.2 Å². The van der Waals surface area contributed by atoms with Crippen LogP contribution in [0.1, 0.15) is 36.1 Å². The fourth-order valence-corrected chi connectivity index (χ4v) is 3.25. The molecule has 0 aromatic heterocycles. The molecule has 3 aromatic carbocycles. The molecule has 0 bridgehead atoms. The first kappa shape index (κ1) is 23.4. The molecule has 1 amide bonds. The smallest absolute Gasteiger partial charge is 0.244 e. The van der Waals surface area contributed by atoms with Crippen LogP contribution in [0, 0.1) is 0 Å². The van der Waals surface area contributed by atoms with Gasteiger partial charge in [-0.1, -0.05) is 61.0 Å². The number of aryl methyl sites for hydroxylation is 1. The molecule has 0 spiro atoms. The number of amides is 1. The predicted octanol–water partition coefficient (Wildman–Crippen LogP) is 5.57. The zero-order chi connectivity index (χ0) is 22.8. The Kier molecular flexibility index (Phi) is 8.70. The van der Waals surface area contributed by atoms with Crippen molar-refractivity contribution in [1.29, 1.82) is 0 Å². The maximum Gasteiger partial charge on any atom is 0.244 e. The van der Waals surface area contributed by atoms with Crippen LogP contribution in [0.15, 0.2) is 71.8 Å². The number of ether oxygens (including phenoxy) is 2. The number of carbonyl (C=O) groups excluding carboxylic acids is 1. The molecule has 0 atom stereocenters. The summed E-state index contributed by atoms with van der Waals surface area (Å²) in [6.07, 6.45) is 2.84. The maximum absolute atomic E-state index is 12.1. The summed E-state index contributed by atoms with van der Waals surface area (Å²) >= 11 is 6.20. The fourth-order valence-electron chi connectivity index (χ4n) is 3.06. The van der Waals surface area contributed by atoms with Gasteiger partial charge in [-0.25, -0.2) is 5.43 Å². The molecule has 3 rings (SSSR count). The number of nitrogens with one attached hydrogen (secondary N) is 1. The van der Waals surface area contributed by atoms with E-state index in [1.54, 1.807) is 6.21 Å². The van der Waals surface area contributed by atoms with Gasteiger partial charge in [0.1, 0.15) is 6.61 Å². The zero-order valence-corrected chi connectivity index (χ0v) is 19.1. The number of halogens is 1. The van der Waals surface area contributed by atoms with E-state index in [4.69, 9.17) is 21.1 Å². The quantitative estimate of drug-likeness (QED) is 0.324. The normalized spacial score (nSPS) is 10.8. The minimum atomic E-state index is -0.171. The largest absolute Gasteiger partial charge is 0.490 e. The lowest BCUT2D eigenvalue weighted by atomic mass is 10.1. The Hall–Kier alpha value is -3.31. The van der Waals surface area contributed by atoms with Crippen molar-refractivity contribution >= 4 is 23.7 Å². The Morgan fingerprint density at radius 1 is 0.969 bits per heavy atom. The van der Waals surface area contributed by atoms with Gasteiger partial charge in [0.2, 0.25) is 5.91 Å². The number of rotatable bonds is 10. The molecule has 32 heavy (non-hydrogen) atoms. The van der Waals surface area contributed by atoms with Crippen LogP contribution in [0.25, 0.3) is 0 Å². The van der Waals surface area contributed by atoms with Crippen molar-refractivity contribution in [3.63, 3.8) is 0 Å². The molecule has 1 N–H and O–H groups in total. The van der Waals surface area contributed by atoms with E-state index in [0.717, 1.165) is 23.1 Å². The Labute approximate surface area is 194 Å². The van der Waals surface area contributed by atoms with Crippen molar-refractivity contribution in [3.8, 4) is 11.5 Å². The third-order valence-electron chi connectivity index (χ3n) is 4.81. The second kappa shape index (κ2) is 11.9. The molecule has 0 saturated carbocycles. The van der Waals surface area contributed by atoms with Gasteiger partial charge < -0.3 is 9.47 Å². The third kappa shape index (κ3) is 6.86. The van der Waals surface area contributed by atoms with Crippen LogP contribution in [0.4, 0.5) is 0 Å². The Bertz CT molecular complexity index is 1060. The molecule has 3 aromatic rings. The number of hydrogen-bond acceptors (Lipinski definition) is 4. The summed E-state index contributed by atoms with van der Waals surface area (Å²) in [5, 5.41) is 4.73. The number of benzene rings is 3. The van der Waals surface area contributed by atoms with Crippen molar-refractivity contribution in [2.45, 2.75) is 33.3 Å². The van der Waals surface area contributed by atoms with Gasteiger partial charge in [0.05, 0.1) is 19.2 Å². The summed E-state index contributed by atoms with van der Waals surface area (Å²) in [7, 11) is 0. The van der Waals surface area contributed by atoms with E-state index in [1.165, 1.54) is 5.56 Å². The zero-order valence-electron chi connectivity index (χ0n) is 18.3. The molecule has 0 unspecified atom stereocenters. The molecule has 0 fully saturated rings. The van der Waals surface area contributed by atoms with E-state index in [0.29, 0.717) is 29.7 Å². The van der Waals surface area contributed by atoms with Gasteiger partial charge in [0.25, 0.3) is 0 Å². The average molecular weight is 451 g/mol. The molecule has 0 aliphatic heterocycles. The van der Waals surface area contributed by atoms with E-state index in [2.05, 4.69) is 17.5 Å². The molecule has 0 aliphatic rings. The minimum absolute atomic E-state index is 0.171. The lowest BCUT2D eigenvalue weighted by Crippen LogP contribution is -2.19. The van der Waals surface area contributed by atoms with Gasteiger partial charge >= 0.3 is 0 Å².